The summed E-state index contributed by atoms with van der Waals surface area (Å²) in [4.78, 5) is 2.21. The summed E-state index contributed by atoms with van der Waals surface area (Å²) in [5.74, 6) is -0.253. The molecule has 2 heterocycles. The summed E-state index contributed by atoms with van der Waals surface area (Å²) in [6, 6.07) is 4.82. The van der Waals surface area contributed by atoms with Gasteiger partial charge in [-0.25, -0.2) is 4.39 Å². The number of benzene rings is 1. The number of piperidine rings is 1. The number of ether oxygens (including phenoxy) is 1. The lowest BCUT2D eigenvalue weighted by Gasteiger charge is -2.46. The fourth-order valence-corrected chi connectivity index (χ4v) is 3.53. The highest BCUT2D eigenvalue weighted by Crippen LogP contribution is 2.35. The van der Waals surface area contributed by atoms with Crippen LogP contribution in [0.2, 0.25) is 5.02 Å². The molecule has 2 aliphatic rings. The van der Waals surface area contributed by atoms with Crippen molar-refractivity contribution >= 4 is 11.6 Å². The van der Waals surface area contributed by atoms with Gasteiger partial charge in [-0.05, 0) is 37.8 Å². The monoisotopic (exact) mass is 313 g/mol. The molecular formula is C16H21ClFNO2. The van der Waals surface area contributed by atoms with Crippen LogP contribution in [0.25, 0.3) is 0 Å². The van der Waals surface area contributed by atoms with Gasteiger partial charge in [0.2, 0.25) is 0 Å². The molecule has 0 unspecified atom stereocenters. The van der Waals surface area contributed by atoms with E-state index in [1.165, 1.54) is 6.07 Å². The molecule has 116 valence electrons. The smallest absolute Gasteiger partial charge is 0.129 e. The Labute approximate surface area is 129 Å². The second-order valence-corrected chi connectivity index (χ2v) is 6.52. The number of hydrogen-bond donors (Lipinski definition) is 1. The molecule has 0 aliphatic carbocycles. The lowest BCUT2D eigenvalue weighted by molar-refractivity contribution is -0.177. The number of aliphatic hydroxyl groups excluding tert-OH is 1. The Morgan fingerprint density at radius 3 is 2.81 bits per heavy atom. The maximum absolute atomic E-state index is 13.8. The summed E-state index contributed by atoms with van der Waals surface area (Å²) in [6.07, 6.45) is 3.02. The van der Waals surface area contributed by atoms with Crippen molar-refractivity contribution in [3.05, 3.63) is 34.6 Å². The Morgan fingerprint density at radius 2 is 2.14 bits per heavy atom. The molecule has 1 N–H and O–H groups in total. The average molecular weight is 314 g/mol. The Hall–Kier alpha value is -0.680. The lowest BCUT2D eigenvalue weighted by atomic mass is 9.82. The van der Waals surface area contributed by atoms with Crippen molar-refractivity contribution in [3.63, 3.8) is 0 Å². The SMILES string of the molecule is O[C@@H]1CCCOC12CCN(Cc1ccc(Cl)cc1F)CC2. The summed E-state index contributed by atoms with van der Waals surface area (Å²) in [5.41, 5.74) is 0.299. The van der Waals surface area contributed by atoms with E-state index < -0.39 is 0 Å². The van der Waals surface area contributed by atoms with E-state index in [1.807, 2.05) is 0 Å². The Bertz CT molecular complexity index is 503. The van der Waals surface area contributed by atoms with E-state index in [9.17, 15) is 9.50 Å². The largest absolute Gasteiger partial charge is 0.390 e. The van der Waals surface area contributed by atoms with Gasteiger partial charge < -0.3 is 9.84 Å². The predicted molar refractivity (Wildman–Crippen MR) is 79.8 cm³/mol. The van der Waals surface area contributed by atoms with Crippen molar-refractivity contribution in [2.75, 3.05) is 19.7 Å². The highest BCUT2D eigenvalue weighted by molar-refractivity contribution is 6.30. The molecular weight excluding hydrogens is 293 g/mol. The van der Waals surface area contributed by atoms with Crippen molar-refractivity contribution in [3.8, 4) is 0 Å². The minimum Gasteiger partial charge on any atom is -0.390 e. The zero-order valence-electron chi connectivity index (χ0n) is 12.0. The molecule has 0 bridgehead atoms. The van der Waals surface area contributed by atoms with Gasteiger partial charge in [0, 0.05) is 36.8 Å². The number of halogens is 2. The van der Waals surface area contributed by atoms with Crippen LogP contribution in [0.1, 0.15) is 31.2 Å². The van der Waals surface area contributed by atoms with E-state index >= 15 is 0 Å². The zero-order valence-corrected chi connectivity index (χ0v) is 12.8. The summed E-state index contributed by atoms with van der Waals surface area (Å²) < 4.78 is 19.7. The van der Waals surface area contributed by atoms with Gasteiger partial charge in [-0.15, -0.1) is 0 Å². The van der Waals surface area contributed by atoms with E-state index in [0.29, 0.717) is 17.1 Å². The molecule has 2 saturated heterocycles. The highest BCUT2D eigenvalue weighted by atomic mass is 35.5. The molecule has 1 aromatic rings. The minimum atomic E-state index is -0.368. The first-order valence-electron chi connectivity index (χ1n) is 7.57. The van der Waals surface area contributed by atoms with Gasteiger partial charge in [0.25, 0.3) is 0 Å². The van der Waals surface area contributed by atoms with Crippen LogP contribution in [0.3, 0.4) is 0 Å². The van der Waals surface area contributed by atoms with E-state index in [0.717, 1.165) is 45.4 Å². The Balaban J connectivity index is 1.61. The molecule has 1 spiro atoms. The van der Waals surface area contributed by atoms with Gasteiger partial charge in [0.05, 0.1) is 11.7 Å². The highest BCUT2D eigenvalue weighted by Gasteiger charge is 2.43. The molecule has 1 atom stereocenters. The standard InChI is InChI=1S/C16H21ClFNO2/c17-13-4-3-12(14(18)10-13)11-19-7-5-16(6-8-19)15(20)2-1-9-21-16/h3-4,10,15,20H,1-2,5-9,11H2/t15-/m1/s1. The van der Waals surface area contributed by atoms with Gasteiger partial charge in [-0.2, -0.15) is 0 Å². The summed E-state index contributed by atoms with van der Waals surface area (Å²) >= 11 is 5.78. The average Bonchev–Trinajstić information content (AvgIpc) is 2.47. The number of hydrogen-bond acceptors (Lipinski definition) is 3. The minimum absolute atomic E-state index is 0.253. The maximum Gasteiger partial charge on any atom is 0.129 e. The third-order valence-electron chi connectivity index (χ3n) is 4.73. The number of likely N-dealkylation sites (tertiary alicyclic amines) is 1. The van der Waals surface area contributed by atoms with Crippen molar-refractivity contribution < 1.29 is 14.2 Å². The Kier molecular flexibility index (Phi) is 4.50. The number of rotatable bonds is 2. The normalized spacial score (nSPS) is 26.1. The topological polar surface area (TPSA) is 32.7 Å². The van der Waals surface area contributed by atoms with E-state index in [2.05, 4.69) is 4.90 Å². The van der Waals surface area contributed by atoms with Crippen LogP contribution in [0, 0.1) is 5.82 Å². The van der Waals surface area contributed by atoms with Gasteiger partial charge >= 0.3 is 0 Å². The second-order valence-electron chi connectivity index (χ2n) is 6.08. The van der Waals surface area contributed by atoms with Gasteiger partial charge in [0.1, 0.15) is 5.82 Å². The molecule has 2 aliphatic heterocycles. The van der Waals surface area contributed by atoms with Crippen LogP contribution in [0.5, 0.6) is 0 Å². The first-order chi connectivity index (χ1) is 10.1. The summed E-state index contributed by atoms with van der Waals surface area (Å²) in [6.45, 7) is 2.95. The van der Waals surface area contributed by atoms with Crippen LogP contribution in [0.15, 0.2) is 18.2 Å². The van der Waals surface area contributed by atoms with Crippen LogP contribution in [-0.4, -0.2) is 41.4 Å². The van der Waals surface area contributed by atoms with Crippen LogP contribution >= 0.6 is 11.6 Å². The van der Waals surface area contributed by atoms with Crippen LogP contribution in [-0.2, 0) is 11.3 Å². The number of nitrogens with zero attached hydrogens (tertiary/aromatic N) is 1. The molecule has 5 heteroatoms. The fourth-order valence-electron chi connectivity index (χ4n) is 3.37. The van der Waals surface area contributed by atoms with E-state index in [1.54, 1.807) is 12.1 Å². The van der Waals surface area contributed by atoms with Crippen molar-refractivity contribution in [1.29, 1.82) is 0 Å². The van der Waals surface area contributed by atoms with E-state index in [-0.39, 0.29) is 17.5 Å². The third kappa shape index (κ3) is 3.24. The third-order valence-corrected chi connectivity index (χ3v) is 4.97. The fraction of sp³-hybridized carbons (Fsp3) is 0.625. The second kappa shape index (κ2) is 6.21. The molecule has 0 saturated carbocycles. The van der Waals surface area contributed by atoms with Crippen molar-refractivity contribution in [1.82, 2.24) is 4.90 Å². The zero-order chi connectivity index (χ0) is 14.9. The molecule has 21 heavy (non-hydrogen) atoms. The molecule has 0 amide bonds. The van der Waals surface area contributed by atoms with Gasteiger partial charge in [-0.1, -0.05) is 17.7 Å². The van der Waals surface area contributed by atoms with Crippen LogP contribution < -0.4 is 0 Å². The number of aliphatic hydroxyl groups is 1. The molecule has 3 rings (SSSR count). The predicted octanol–water partition coefficient (Wildman–Crippen LogP) is 2.99. The Morgan fingerprint density at radius 1 is 1.38 bits per heavy atom. The lowest BCUT2D eigenvalue weighted by Crippen LogP contribution is -2.55. The summed E-state index contributed by atoms with van der Waals surface area (Å²) in [5, 5.41) is 10.6. The molecule has 2 fully saturated rings. The quantitative estimate of drug-likeness (QED) is 0.911. The summed E-state index contributed by atoms with van der Waals surface area (Å²) in [7, 11) is 0. The first kappa shape index (κ1) is 15.2. The van der Waals surface area contributed by atoms with E-state index in [4.69, 9.17) is 16.3 Å². The van der Waals surface area contributed by atoms with Gasteiger partial charge in [-0.3, -0.25) is 4.90 Å². The van der Waals surface area contributed by atoms with Gasteiger partial charge in [0.15, 0.2) is 0 Å². The molecule has 3 nitrogen and oxygen atoms in total. The first-order valence-corrected chi connectivity index (χ1v) is 7.95. The molecule has 1 aromatic carbocycles. The molecule has 0 radical (unpaired) electrons. The molecule has 0 aromatic heterocycles. The maximum atomic E-state index is 13.8. The van der Waals surface area contributed by atoms with Crippen molar-refractivity contribution in [2.24, 2.45) is 0 Å². The van der Waals surface area contributed by atoms with Crippen molar-refractivity contribution in [2.45, 2.75) is 43.9 Å². The van der Waals surface area contributed by atoms with Crippen LogP contribution in [0.4, 0.5) is 4.39 Å².